The Balaban J connectivity index is 3.63. The van der Waals surface area contributed by atoms with Crippen LogP contribution < -0.4 is 15.3 Å². The van der Waals surface area contributed by atoms with Crippen LogP contribution in [-0.2, 0) is 0 Å². The van der Waals surface area contributed by atoms with Gasteiger partial charge in [-0.1, -0.05) is 30.4 Å². The van der Waals surface area contributed by atoms with E-state index in [4.69, 9.17) is 0 Å². The van der Waals surface area contributed by atoms with Crippen molar-refractivity contribution in [2.45, 2.75) is 13.8 Å². The van der Waals surface area contributed by atoms with Gasteiger partial charge in [-0.2, -0.15) is 0 Å². The minimum Gasteiger partial charge on any atom is -0.377 e. The van der Waals surface area contributed by atoms with Crippen LogP contribution >= 0.6 is 0 Å². The molecule has 1 nitrogen and oxygen atoms in total. The van der Waals surface area contributed by atoms with Crippen LogP contribution in [0.1, 0.15) is 13.8 Å². The van der Waals surface area contributed by atoms with Gasteiger partial charge in [0.15, 0.2) is 0 Å². The number of anilines is 1. The number of hydrogen-bond donors (Lipinski definition) is 0. The maximum Gasteiger partial charge on any atom is 0.0440 e. The van der Waals surface area contributed by atoms with Gasteiger partial charge in [-0.15, -0.1) is 0 Å². The summed E-state index contributed by atoms with van der Waals surface area (Å²) in [6.45, 7) is 8.02. The average molecular weight is 201 g/mol. The third-order valence-corrected chi connectivity index (χ3v) is 2.30. The van der Waals surface area contributed by atoms with Gasteiger partial charge in [-0.25, -0.2) is 0 Å². The Hall–Kier alpha value is -1.50. The van der Waals surface area contributed by atoms with Crippen molar-refractivity contribution in [2.75, 3.05) is 19.0 Å². The van der Waals surface area contributed by atoms with Gasteiger partial charge in [0.2, 0.25) is 0 Å². The van der Waals surface area contributed by atoms with E-state index >= 15 is 0 Å². The quantitative estimate of drug-likeness (QED) is 0.706. The zero-order chi connectivity index (χ0) is 11.4. The van der Waals surface area contributed by atoms with E-state index in [1.54, 1.807) is 0 Å². The molecule has 0 aliphatic rings. The van der Waals surface area contributed by atoms with Gasteiger partial charge >= 0.3 is 0 Å². The molecule has 0 heterocycles. The van der Waals surface area contributed by atoms with Gasteiger partial charge in [-0.05, 0) is 31.2 Å². The van der Waals surface area contributed by atoms with Crippen molar-refractivity contribution in [3.05, 3.63) is 40.8 Å². The molecule has 0 bridgehead atoms. The molecular weight excluding hydrogens is 182 g/mol. The van der Waals surface area contributed by atoms with Gasteiger partial charge in [-0.3, -0.25) is 0 Å². The molecule has 0 aliphatic carbocycles. The highest BCUT2D eigenvalue weighted by atomic mass is 15.1. The lowest BCUT2D eigenvalue weighted by atomic mass is 10.1. The first-order valence-electron chi connectivity index (χ1n) is 5.16. The lowest BCUT2D eigenvalue weighted by molar-refractivity contribution is 1.12. The van der Waals surface area contributed by atoms with Gasteiger partial charge in [0.05, 0.1) is 0 Å². The van der Waals surface area contributed by atoms with Crippen molar-refractivity contribution in [1.29, 1.82) is 0 Å². The summed E-state index contributed by atoms with van der Waals surface area (Å²) in [6.07, 6.45) is 4.26. The number of nitrogens with zero attached hydrogens (tertiary/aromatic N) is 1. The number of allylic oxidation sites excluding steroid dienone is 1. The summed E-state index contributed by atoms with van der Waals surface area (Å²) in [5.41, 5.74) is 2.31. The predicted molar refractivity (Wildman–Crippen MR) is 69.4 cm³/mol. The Kier molecular flexibility index (Phi) is 3.73. The highest BCUT2D eigenvalue weighted by molar-refractivity contribution is 5.57. The van der Waals surface area contributed by atoms with Crippen LogP contribution in [0.5, 0.6) is 0 Å². The third-order valence-electron chi connectivity index (χ3n) is 2.30. The topological polar surface area (TPSA) is 3.24 Å². The SMILES string of the molecule is C=C(C)/C=c1/c(N(C)C)ccc/c1=C/C. The molecule has 0 fully saturated rings. The van der Waals surface area contributed by atoms with E-state index < -0.39 is 0 Å². The maximum absolute atomic E-state index is 3.94. The second-order valence-corrected chi connectivity index (χ2v) is 3.95. The van der Waals surface area contributed by atoms with E-state index in [1.165, 1.54) is 16.1 Å². The first-order chi connectivity index (χ1) is 7.06. The van der Waals surface area contributed by atoms with Gasteiger partial charge in [0.1, 0.15) is 0 Å². The second kappa shape index (κ2) is 4.83. The average Bonchev–Trinajstić information content (AvgIpc) is 2.16. The minimum absolute atomic E-state index is 1.08. The largest absolute Gasteiger partial charge is 0.377 e. The zero-order valence-electron chi connectivity index (χ0n) is 10.0. The summed E-state index contributed by atoms with van der Waals surface area (Å²) in [7, 11) is 4.12. The molecule has 0 saturated carbocycles. The summed E-state index contributed by atoms with van der Waals surface area (Å²) in [5, 5.41) is 2.50. The Bertz CT molecular complexity index is 467. The highest BCUT2D eigenvalue weighted by Crippen LogP contribution is 2.01. The van der Waals surface area contributed by atoms with Crippen molar-refractivity contribution in [3.8, 4) is 0 Å². The van der Waals surface area contributed by atoms with E-state index in [9.17, 15) is 0 Å². The standard InChI is InChI=1S/C14H19N/c1-6-12-8-7-9-14(15(4)5)13(12)10-11(2)3/h6-10H,2H2,1,3-5H3/b12-6-,13-10+. The lowest BCUT2D eigenvalue weighted by Gasteiger charge is -2.13. The van der Waals surface area contributed by atoms with Crippen molar-refractivity contribution < 1.29 is 0 Å². The summed E-state index contributed by atoms with van der Waals surface area (Å²) < 4.78 is 0. The van der Waals surface area contributed by atoms with Crippen LogP contribution in [0.15, 0.2) is 30.4 Å². The van der Waals surface area contributed by atoms with E-state index in [0.717, 1.165) is 5.57 Å². The van der Waals surface area contributed by atoms with Gasteiger partial charge in [0, 0.05) is 25.0 Å². The number of benzene rings is 1. The fraction of sp³-hybridized carbons (Fsp3) is 0.286. The third kappa shape index (κ3) is 2.72. The normalized spacial score (nSPS) is 13.1. The highest BCUT2D eigenvalue weighted by Gasteiger charge is 1.97. The molecule has 0 amide bonds. The van der Waals surface area contributed by atoms with Crippen molar-refractivity contribution >= 4 is 17.8 Å². The second-order valence-electron chi connectivity index (χ2n) is 3.95. The van der Waals surface area contributed by atoms with E-state index in [1.807, 2.05) is 6.92 Å². The summed E-state index contributed by atoms with van der Waals surface area (Å²) >= 11 is 0. The van der Waals surface area contributed by atoms with E-state index in [0.29, 0.717) is 0 Å². The maximum atomic E-state index is 3.94. The number of hydrogen-bond acceptors (Lipinski definition) is 1. The summed E-state index contributed by atoms with van der Waals surface area (Å²) in [6, 6.07) is 6.34. The molecule has 1 aromatic rings. The molecule has 1 heteroatoms. The van der Waals surface area contributed by atoms with Gasteiger partial charge in [0.25, 0.3) is 0 Å². The molecule has 15 heavy (non-hydrogen) atoms. The molecule has 0 atom stereocenters. The molecule has 0 spiro atoms. The molecule has 0 unspecified atom stereocenters. The van der Waals surface area contributed by atoms with Crippen LogP contribution in [0.3, 0.4) is 0 Å². The molecular formula is C14H19N. The first kappa shape index (κ1) is 11.6. The zero-order valence-corrected chi connectivity index (χ0v) is 10.0. The number of rotatable bonds is 2. The molecule has 80 valence electrons. The Labute approximate surface area is 92.0 Å². The molecule has 1 rings (SSSR count). The Morgan fingerprint density at radius 2 is 2.00 bits per heavy atom. The minimum atomic E-state index is 1.08. The molecule has 0 N–H and O–H groups in total. The summed E-state index contributed by atoms with van der Waals surface area (Å²) in [5.74, 6) is 0. The molecule has 0 aromatic heterocycles. The molecule has 0 aliphatic heterocycles. The lowest BCUT2D eigenvalue weighted by Crippen LogP contribution is -2.30. The van der Waals surface area contributed by atoms with Crippen molar-refractivity contribution in [1.82, 2.24) is 0 Å². The Morgan fingerprint density at radius 1 is 1.33 bits per heavy atom. The van der Waals surface area contributed by atoms with Crippen LogP contribution in [0, 0.1) is 0 Å². The van der Waals surface area contributed by atoms with Crippen molar-refractivity contribution in [2.24, 2.45) is 0 Å². The molecule has 1 aromatic carbocycles. The van der Waals surface area contributed by atoms with Crippen LogP contribution in [-0.4, -0.2) is 14.1 Å². The monoisotopic (exact) mass is 201 g/mol. The predicted octanol–water partition coefficient (Wildman–Crippen LogP) is 1.91. The van der Waals surface area contributed by atoms with Gasteiger partial charge < -0.3 is 4.90 Å². The molecule has 0 saturated heterocycles. The molecule has 0 radical (unpaired) electrons. The van der Waals surface area contributed by atoms with Crippen LogP contribution in [0.4, 0.5) is 5.69 Å². The Morgan fingerprint density at radius 3 is 2.47 bits per heavy atom. The van der Waals surface area contributed by atoms with E-state index in [2.05, 4.69) is 62.8 Å². The van der Waals surface area contributed by atoms with Crippen molar-refractivity contribution in [3.63, 3.8) is 0 Å². The smallest absolute Gasteiger partial charge is 0.0440 e. The fourth-order valence-corrected chi connectivity index (χ4v) is 1.62. The first-order valence-corrected chi connectivity index (χ1v) is 5.16. The summed E-state index contributed by atoms with van der Waals surface area (Å²) in [4.78, 5) is 2.13. The van der Waals surface area contributed by atoms with E-state index in [-0.39, 0.29) is 0 Å². The van der Waals surface area contributed by atoms with Crippen LogP contribution in [0.2, 0.25) is 0 Å². The fourth-order valence-electron chi connectivity index (χ4n) is 1.62. The van der Waals surface area contributed by atoms with Crippen LogP contribution in [0.25, 0.3) is 12.2 Å².